The third-order valence-corrected chi connectivity index (χ3v) is 2.53. The molecule has 0 bridgehead atoms. The van der Waals surface area contributed by atoms with Gasteiger partial charge >= 0.3 is 5.97 Å². The van der Waals surface area contributed by atoms with E-state index < -0.39 is 5.97 Å². The highest BCUT2D eigenvalue weighted by Crippen LogP contribution is 2.34. The van der Waals surface area contributed by atoms with Gasteiger partial charge in [0.2, 0.25) is 0 Å². The van der Waals surface area contributed by atoms with Crippen LogP contribution >= 0.6 is 0 Å². The fraction of sp³-hybridized carbons (Fsp3) is 0.364. The summed E-state index contributed by atoms with van der Waals surface area (Å²) in [6.45, 7) is 0.510. The topological polar surface area (TPSA) is 92.8 Å². The van der Waals surface area contributed by atoms with Crippen molar-refractivity contribution < 1.29 is 19.7 Å². The summed E-state index contributed by atoms with van der Waals surface area (Å²) in [4.78, 5) is 10.8. The number of phenolic OH excluding ortho intramolecular Hbond substituents is 1. The van der Waals surface area contributed by atoms with Gasteiger partial charge in [-0.05, 0) is 18.8 Å². The average Bonchev–Trinajstić information content (AvgIpc) is 2.99. The van der Waals surface area contributed by atoms with Crippen LogP contribution in [0.4, 0.5) is 5.69 Å². The first-order valence-electron chi connectivity index (χ1n) is 5.06. The van der Waals surface area contributed by atoms with E-state index in [1.165, 1.54) is 12.1 Å². The standard InChI is InChI=1S/C11H13NO4/c12-8-4-9(13)10(3-7(8)11(14)15)16-5-6-1-2-6/h3-4,6,13H,1-2,5,12H2,(H,14,15). The van der Waals surface area contributed by atoms with E-state index in [4.69, 9.17) is 15.6 Å². The van der Waals surface area contributed by atoms with Gasteiger partial charge in [-0.1, -0.05) is 0 Å². The number of aromatic hydroxyl groups is 1. The summed E-state index contributed by atoms with van der Waals surface area (Å²) in [5, 5.41) is 18.4. The number of nitrogen functional groups attached to an aromatic ring is 1. The second-order valence-electron chi connectivity index (χ2n) is 3.97. The van der Waals surface area contributed by atoms with Crippen molar-refractivity contribution in [2.45, 2.75) is 12.8 Å². The smallest absolute Gasteiger partial charge is 0.337 e. The van der Waals surface area contributed by atoms with Crippen molar-refractivity contribution in [3.05, 3.63) is 17.7 Å². The summed E-state index contributed by atoms with van der Waals surface area (Å²) < 4.78 is 5.34. The molecule has 2 rings (SSSR count). The van der Waals surface area contributed by atoms with E-state index in [0.717, 1.165) is 12.8 Å². The number of aromatic carboxylic acids is 1. The van der Waals surface area contributed by atoms with Crippen LogP contribution in [0.3, 0.4) is 0 Å². The highest BCUT2D eigenvalue weighted by Gasteiger charge is 2.23. The van der Waals surface area contributed by atoms with Crippen molar-refractivity contribution in [1.29, 1.82) is 0 Å². The number of ether oxygens (including phenoxy) is 1. The van der Waals surface area contributed by atoms with Crippen LogP contribution in [0.2, 0.25) is 0 Å². The number of nitrogens with two attached hydrogens (primary N) is 1. The van der Waals surface area contributed by atoms with Crippen molar-refractivity contribution in [2.75, 3.05) is 12.3 Å². The number of hydrogen-bond donors (Lipinski definition) is 3. The van der Waals surface area contributed by atoms with Crippen molar-refractivity contribution in [3.63, 3.8) is 0 Å². The van der Waals surface area contributed by atoms with Crippen LogP contribution < -0.4 is 10.5 Å². The maximum Gasteiger partial charge on any atom is 0.337 e. The zero-order chi connectivity index (χ0) is 11.7. The third kappa shape index (κ3) is 2.18. The lowest BCUT2D eigenvalue weighted by Crippen LogP contribution is -2.05. The van der Waals surface area contributed by atoms with Gasteiger partial charge in [-0.2, -0.15) is 0 Å². The second-order valence-corrected chi connectivity index (χ2v) is 3.97. The van der Waals surface area contributed by atoms with Gasteiger partial charge < -0.3 is 20.7 Å². The van der Waals surface area contributed by atoms with Gasteiger partial charge in [-0.25, -0.2) is 4.79 Å². The highest BCUT2D eigenvalue weighted by atomic mass is 16.5. The summed E-state index contributed by atoms with van der Waals surface area (Å²) in [7, 11) is 0. The van der Waals surface area contributed by atoms with Gasteiger partial charge in [0, 0.05) is 12.1 Å². The molecule has 0 radical (unpaired) electrons. The Balaban J connectivity index is 2.21. The molecule has 1 aliphatic rings. The predicted molar refractivity (Wildman–Crippen MR) is 57.7 cm³/mol. The highest BCUT2D eigenvalue weighted by molar-refractivity contribution is 5.94. The van der Waals surface area contributed by atoms with Crippen LogP contribution in [0.1, 0.15) is 23.2 Å². The average molecular weight is 223 g/mol. The van der Waals surface area contributed by atoms with Gasteiger partial charge in [0.1, 0.15) is 0 Å². The van der Waals surface area contributed by atoms with Gasteiger partial charge in [-0.15, -0.1) is 0 Å². The van der Waals surface area contributed by atoms with Crippen molar-refractivity contribution in [3.8, 4) is 11.5 Å². The number of carboxylic acid groups (broad SMARTS) is 1. The molecule has 1 aliphatic carbocycles. The molecule has 4 N–H and O–H groups in total. The molecular weight excluding hydrogens is 210 g/mol. The predicted octanol–water partition coefficient (Wildman–Crippen LogP) is 1.46. The molecule has 0 aromatic heterocycles. The minimum atomic E-state index is -1.13. The fourth-order valence-electron chi connectivity index (χ4n) is 1.38. The molecule has 0 spiro atoms. The summed E-state index contributed by atoms with van der Waals surface area (Å²) in [6.07, 6.45) is 2.25. The molecule has 16 heavy (non-hydrogen) atoms. The van der Waals surface area contributed by atoms with Gasteiger partial charge in [0.25, 0.3) is 0 Å². The van der Waals surface area contributed by atoms with E-state index >= 15 is 0 Å². The normalized spacial score (nSPS) is 14.8. The minimum Gasteiger partial charge on any atom is -0.504 e. The molecule has 1 aromatic carbocycles. The molecule has 5 nitrogen and oxygen atoms in total. The molecule has 86 valence electrons. The summed E-state index contributed by atoms with van der Waals surface area (Å²) in [5.41, 5.74) is 5.44. The molecule has 0 saturated heterocycles. The first-order chi connectivity index (χ1) is 7.58. The van der Waals surface area contributed by atoms with Crippen LogP contribution in [-0.4, -0.2) is 22.8 Å². The fourth-order valence-corrected chi connectivity index (χ4v) is 1.38. The Morgan fingerprint density at radius 3 is 2.75 bits per heavy atom. The quantitative estimate of drug-likeness (QED) is 0.672. The minimum absolute atomic E-state index is 0.0313. The van der Waals surface area contributed by atoms with Crippen LogP contribution in [0, 0.1) is 5.92 Å². The molecule has 0 amide bonds. The monoisotopic (exact) mass is 223 g/mol. The summed E-state index contributed by atoms with van der Waals surface area (Å²) in [6, 6.07) is 2.46. The van der Waals surface area contributed by atoms with Crippen molar-refractivity contribution >= 4 is 11.7 Å². The van der Waals surface area contributed by atoms with E-state index in [9.17, 15) is 9.90 Å². The van der Waals surface area contributed by atoms with Crippen LogP contribution in [0.5, 0.6) is 11.5 Å². The molecule has 0 aliphatic heterocycles. The molecular formula is C11H13NO4. The Morgan fingerprint density at radius 1 is 1.50 bits per heavy atom. The zero-order valence-corrected chi connectivity index (χ0v) is 8.64. The number of carboxylic acids is 1. The maximum absolute atomic E-state index is 10.8. The van der Waals surface area contributed by atoms with Gasteiger partial charge in [0.05, 0.1) is 17.9 Å². The molecule has 1 fully saturated rings. The zero-order valence-electron chi connectivity index (χ0n) is 8.64. The Labute approximate surface area is 92.5 Å². The molecule has 5 heteroatoms. The van der Waals surface area contributed by atoms with Crippen LogP contribution in [-0.2, 0) is 0 Å². The Morgan fingerprint density at radius 2 is 2.19 bits per heavy atom. The number of rotatable bonds is 4. The summed E-state index contributed by atoms with van der Waals surface area (Å²) in [5.74, 6) is -0.541. The first-order valence-corrected chi connectivity index (χ1v) is 5.06. The molecule has 0 heterocycles. The Kier molecular flexibility index (Phi) is 2.60. The second kappa shape index (κ2) is 3.92. The molecule has 1 aromatic rings. The van der Waals surface area contributed by atoms with Crippen LogP contribution in [0.25, 0.3) is 0 Å². The van der Waals surface area contributed by atoms with Gasteiger partial charge in [0.15, 0.2) is 11.5 Å². The Hall–Kier alpha value is -1.91. The van der Waals surface area contributed by atoms with E-state index in [2.05, 4.69) is 0 Å². The SMILES string of the molecule is Nc1cc(O)c(OCC2CC2)cc1C(=O)O. The lowest BCUT2D eigenvalue weighted by Gasteiger charge is -2.09. The number of benzene rings is 1. The third-order valence-electron chi connectivity index (χ3n) is 2.53. The largest absolute Gasteiger partial charge is 0.504 e. The first kappa shape index (κ1) is 10.6. The number of anilines is 1. The lowest BCUT2D eigenvalue weighted by molar-refractivity contribution is 0.0697. The van der Waals surface area contributed by atoms with Crippen molar-refractivity contribution in [1.82, 2.24) is 0 Å². The summed E-state index contributed by atoms with van der Waals surface area (Å²) >= 11 is 0. The number of carbonyl (C=O) groups is 1. The number of hydrogen-bond acceptors (Lipinski definition) is 4. The van der Waals surface area contributed by atoms with Gasteiger partial charge in [-0.3, -0.25) is 0 Å². The molecule has 0 unspecified atom stereocenters. The molecule has 1 saturated carbocycles. The van der Waals surface area contributed by atoms with E-state index in [1.54, 1.807) is 0 Å². The van der Waals surface area contributed by atoms with E-state index in [1.807, 2.05) is 0 Å². The maximum atomic E-state index is 10.8. The van der Waals surface area contributed by atoms with E-state index in [-0.39, 0.29) is 22.7 Å². The molecule has 0 atom stereocenters. The Bertz CT molecular complexity index is 426. The van der Waals surface area contributed by atoms with Crippen molar-refractivity contribution in [2.24, 2.45) is 5.92 Å². The lowest BCUT2D eigenvalue weighted by atomic mass is 10.1. The van der Waals surface area contributed by atoms with E-state index in [0.29, 0.717) is 12.5 Å². The number of phenols is 1. The van der Waals surface area contributed by atoms with Crippen LogP contribution in [0.15, 0.2) is 12.1 Å².